The number of ketones is 1. The van der Waals surface area contributed by atoms with E-state index in [2.05, 4.69) is 0 Å². The average molecular weight is 220 g/mol. The Kier molecular flexibility index (Phi) is 4.23. The minimum atomic E-state index is -0.928. The van der Waals surface area contributed by atoms with Crippen molar-refractivity contribution in [3.8, 4) is 0 Å². The first-order valence-corrected chi connectivity index (χ1v) is 5.40. The van der Waals surface area contributed by atoms with Gasteiger partial charge in [0.15, 0.2) is 5.78 Å². The van der Waals surface area contributed by atoms with Crippen LogP contribution in [0.4, 0.5) is 0 Å². The van der Waals surface area contributed by atoms with E-state index in [9.17, 15) is 9.59 Å². The van der Waals surface area contributed by atoms with Crippen LogP contribution in [-0.4, -0.2) is 16.9 Å². The van der Waals surface area contributed by atoms with Crippen LogP contribution < -0.4 is 0 Å². The second kappa shape index (κ2) is 5.45. The topological polar surface area (TPSA) is 54.4 Å². The maximum absolute atomic E-state index is 11.9. The number of hydrogen-bond acceptors (Lipinski definition) is 2. The molecule has 1 N–H and O–H groups in total. The van der Waals surface area contributed by atoms with Crippen molar-refractivity contribution < 1.29 is 14.7 Å². The fraction of sp³-hybridized carbons (Fsp3) is 0.385. The van der Waals surface area contributed by atoms with Gasteiger partial charge < -0.3 is 5.11 Å². The van der Waals surface area contributed by atoms with Crippen LogP contribution in [0.25, 0.3) is 0 Å². The smallest absolute Gasteiger partial charge is 0.306 e. The van der Waals surface area contributed by atoms with E-state index in [4.69, 9.17) is 5.11 Å². The Morgan fingerprint density at radius 2 is 1.94 bits per heavy atom. The van der Waals surface area contributed by atoms with Crippen molar-refractivity contribution >= 4 is 11.8 Å². The fourth-order valence-corrected chi connectivity index (χ4v) is 1.58. The zero-order valence-electron chi connectivity index (χ0n) is 9.56. The predicted octanol–water partition coefficient (Wildman–Crippen LogP) is 2.54. The van der Waals surface area contributed by atoms with Crippen molar-refractivity contribution in [1.82, 2.24) is 0 Å². The van der Waals surface area contributed by atoms with Crippen LogP contribution in [0.3, 0.4) is 0 Å². The van der Waals surface area contributed by atoms with E-state index >= 15 is 0 Å². The number of aryl methyl sites for hydroxylation is 1. The highest BCUT2D eigenvalue weighted by Gasteiger charge is 2.18. The zero-order valence-corrected chi connectivity index (χ0v) is 9.56. The summed E-state index contributed by atoms with van der Waals surface area (Å²) in [6, 6.07) is 7.35. The van der Waals surface area contributed by atoms with Crippen LogP contribution in [0.2, 0.25) is 0 Å². The van der Waals surface area contributed by atoms with Gasteiger partial charge in [-0.05, 0) is 12.0 Å². The van der Waals surface area contributed by atoms with Crippen molar-refractivity contribution in [2.24, 2.45) is 5.92 Å². The van der Waals surface area contributed by atoms with E-state index in [1.165, 1.54) is 0 Å². The molecule has 1 aromatic carbocycles. The van der Waals surface area contributed by atoms with Gasteiger partial charge in [0.05, 0.1) is 5.92 Å². The molecule has 3 heteroatoms. The summed E-state index contributed by atoms with van der Waals surface area (Å²) in [6.45, 7) is 3.53. The van der Waals surface area contributed by atoms with Crippen molar-refractivity contribution in [3.63, 3.8) is 0 Å². The van der Waals surface area contributed by atoms with Gasteiger partial charge >= 0.3 is 5.97 Å². The van der Waals surface area contributed by atoms with E-state index in [-0.39, 0.29) is 12.2 Å². The van der Waals surface area contributed by atoms with Crippen molar-refractivity contribution in [3.05, 3.63) is 35.4 Å². The number of carbonyl (C=O) groups is 2. The second-order valence-electron chi connectivity index (χ2n) is 3.88. The SMILES string of the molecule is CCc1ccccc1C(=O)CC(C)C(=O)O. The number of Topliss-reactive ketones (excluding diaryl/α,β-unsaturated/α-hetero) is 1. The molecule has 0 spiro atoms. The molecule has 0 aliphatic carbocycles. The number of hydrogen-bond donors (Lipinski definition) is 1. The van der Waals surface area contributed by atoms with Crippen LogP contribution in [0.1, 0.15) is 36.2 Å². The molecule has 0 aromatic heterocycles. The van der Waals surface area contributed by atoms with Crippen LogP contribution in [0.5, 0.6) is 0 Å². The quantitative estimate of drug-likeness (QED) is 0.776. The summed E-state index contributed by atoms with van der Waals surface area (Å²) in [4.78, 5) is 22.5. The molecular weight excluding hydrogens is 204 g/mol. The largest absolute Gasteiger partial charge is 0.481 e. The van der Waals surface area contributed by atoms with Crippen molar-refractivity contribution in [2.75, 3.05) is 0 Å². The number of carboxylic acid groups (broad SMARTS) is 1. The molecule has 1 atom stereocenters. The summed E-state index contributed by atoms with van der Waals surface area (Å²) in [7, 11) is 0. The van der Waals surface area contributed by atoms with E-state index < -0.39 is 11.9 Å². The molecule has 0 aliphatic rings. The highest BCUT2D eigenvalue weighted by molar-refractivity contribution is 5.99. The molecule has 86 valence electrons. The second-order valence-corrected chi connectivity index (χ2v) is 3.88. The molecule has 0 radical (unpaired) electrons. The average Bonchev–Trinajstić information content (AvgIpc) is 2.28. The first-order valence-electron chi connectivity index (χ1n) is 5.40. The standard InChI is InChI=1S/C13H16O3/c1-3-10-6-4-5-7-11(10)12(14)8-9(2)13(15)16/h4-7,9H,3,8H2,1-2H3,(H,15,16). The minimum absolute atomic E-state index is 0.0619. The lowest BCUT2D eigenvalue weighted by Crippen LogP contribution is -2.15. The Morgan fingerprint density at radius 3 is 2.50 bits per heavy atom. The summed E-state index contributed by atoms with van der Waals surface area (Å²) >= 11 is 0. The summed E-state index contributed by atoms with van der Waals surface area (Å²) < 4.78 is 0. The lowest BCUT2D eigenvalue weighted by Gasteiger charge is -2.08. The molecule has 0 amide bonds. The zero-order chi connectivity index (χ0) is 12.1. The molecule has 1 aromatic rings. The van der Waals surface area contributed by atoms with Gasteiger partial charge in [-0.1, -0.05) is 38.1 Å². The van der Waals surface area contributed by atoms with Gasteiger partial charge in [-0.3, -0.25) is 9.59 Å². The van der Waals surface area contributed by atoms with Gasteiger partial charge in [0.2, 0.25) is 0 Å². The maximum Gasteiger partial charge on any atom is 0.306 e. The Morgan fingerprint density at radius 1 is 1.31 bits per heavy atom. The van der Waals surface area contributed by atoms with Crippen molar-refractivity contribution in [1.29, 1.82) is 0 Å². The third kappa shape index (κ3) is 2.92. The Hall–Kier alpha value is -1.64. The van der Waals surface area contributed by atoms with Crippen LogP contribution in [0.15, 0.2) is 24.3 Å². The number of rotatable bonds is 5. The fourth-order valence-electron chi connectivity index (χ4n) is 1.58. The highest BCUT2D eigenvalue weighted by atomic mass is 16.4. The van der Waals surface area contributed by atoms with Gasteiger partial charge in [-0.15, -0.1) is 0 Å². The summed E-state index contributed by atoms with van der Waals surface area (Å²) in [5.41, 5.74) is 1.63. The molecule has 1 rings (SSSR count). The molecule has 0 heterocycles. The van der Waals surface area contributed by atoms with E-state index in [0.29, 0.717) is 5.56 Å². The molecule has 0 saturated heterocycles. The van der Waals surface area contributed by atoms with Gasteiger partial charge in [0.25, 0.3) is 0 Å². The first kappa shape index (κ1) is 12.4. The molecular formula is C13H16O3. The summed E-state index contributed by atoms with van der Waals surface area (Å²) in [5, 5.41) is 8.75. The van der Waals surface area contributed by atoms with Crippen molar-refractivity contribution in [2.45, 2.75) is 26.7 Å². The van der Waals surface area contributed by atoms with Crippen LogP contribution >= 0.6 is 0 Å². The van der Waals surface area contributed by atoms with Crippen LogP contribution in [0, 0.1) is 5.92 Å². The van der Waals surface area contributed by atoms with Gasteiger partial charge in [-0.2, -0.15) is 0 Å². The lowest BCUT2D eigenvalue weighted by atomic mass is 9.95. The predicted molar refractivity (Wildman–Crippen MR) is 61.6 cm³/mol. The third-order valence-corrected chi connectivity index (χ3v) is 2.61. The first-order chi connectivity index (χ1) is 7.56. The Labute approximate surface area is 95.1 Å². The minimum Gasteiger partial charge on any atom is -0.481 e. The third-order valence-electron chi connectivity index (χ3n) is 2.61. The molecule has 0 fully saturated rings. The van der Waals surface area contributed by atoms with E-state index in [1.54, 1.807) is 19.1 Å². The number of carboxylic acids is 1. The Balaban J connectivity index is 2.84. The Bertz CT molecular complexity index is 396. The number of carbonyl (C=O) groups excluding carboxylic acids is 1. The molecule has 1 unspecified atom stereocenters. The van der Waals surface area contributed by atoms with Crippen LogP contribution in [-0.2, 0) is 11.2 Å². The summed E-state index contributed by atoms with van der Waals surface area (Å²) in [6.07, 6.45) is 0.843. The van der Waals surface area contributed by atoms with Gasteiger partial charge in [0.1, 0.15) is 0 Å². The lowest BCUT2D eigenvalue weighted by molar-refractivity contribution is -0.141. The van der Waals surface area contributed by atoms with E-state index in [0.717, 1.165) is 12.0 Å². The molecule has 0 bridgehead atoms. The maximum atomic E-state index is 11.9. The number of benzene rings is 1. The molecule has 0 saturated carbocycles. The highest BCUT2D eigenvalue weighted by Crippen LogP contribution is 2.15. The monoisotopic (exact) mass is 220 g/mol. The molecule has 16 heavy (non-hydrogen) atoms. The number of aliphatic carboxylic acids is 1. The summed E-state index contributed by atoms with van der Waals surface area (Å²) in [5.74, 6) is -1.65. The van der Waals surface area contributed by atoms with E-state index in [1.807, 2.05) is 19.1 Å². The van der Waals surface area contributed by atoms with Gasteiger partial charge in [-0.25, -0.2) is 0 Å². The molecule has 0 aliphatic heterocycles. The van der Waals surface area contributed by atoms with Gasteiger partial charge in [0, 0.05) is 12.0 Å². The molecule has 3 nitrogen and oxygen atoms in total. The normalized spacial score (nSPS) is 12.1.